The molecule has 1 rings (SSSR count). The van der Waals surface area contributed by atoms with Crippen LogP contribution in [0.1, 0.15) is 26.7 Å². The van der Waals surface area contributed by atoms with Gasteiger partial charge in [0.15, 0.2) is 0 Å². The smallest absolute Gasteiger partial charge is 0.223 e. The van der Waals surface area contributed by atoms with Gasteiger partial charge in [-0.25, -0.2) is 0 Å². The van der Waals surface area contributed by atoms with Gasteiger partial charge in [0.1, 0.15) is 0 Å². The number of allylic oxidation sites excluding steroid dienone is 2. The summed E-state index contributed by atoms with van der Waals surface area (Å²) in [5.74, 6) is 0.347. The number of amides is 1. The summed E-state index contributed by atoms with van der Waals surface area (Å²) in [6, 6.07) is 0.0492. The summed E-state index contributed by atoms with van der Waals surface area (Å²) in [4.78, 5) is 11.6. The lowest BCUT2D eigenvalue weighted by Gasteiger charge is -2.21. The first-order valence-electron chi connectivity index (χ1n) is 5.21. The molecule has 0 spiro atoms. The Morgan fingerprint density at radius 2 is 2.07 bits per heavy atom. The molecule has 0 aliphatic heterocycles. The van der Waals surface area contributed by atoms with Crippen LogP contribution in [0.5, 0.6) is 0 Å². The second kappa shape index (κ2) is 5.15. The minimum Gasteiger partial charge on any atom is -0.396 e. The van der Waals surface area contributed by atoms with Crippen LogP contribution in [0.25, 0.3) is 0 Å². The lowest BCUT2D eigenvalue weighted by atomic mass is 10.0. The minimum absolute atomic E-state index is 0.0492. The molecule has 0 aromatic carbocycles. The fraction of sp³-hybridized carbons (Fsp3) is 0.727. The number of carbonyl (C=O) groups is 1. The summed E-state index contributed by atoms with van der Waals surface area (Å²) in [5.41, 5.74) is 0. The fourth-order valence-corrected chi connectivity index (χ4v) is 1.47. The number of rotatable bonds is 4. The van der Waals surface area contributed by atoms with Gasteiger partial charge in [0.2, 0.25) is 5.91 Å². The van der Waals surface area contributed by atoms with Crippen LogP contribution < -0.4 is 5.32 Å². The van der Waals surface area contributed by atoms with Gasteiger partial charge < -0.3 is 10.4 Å². The van der Waals surface area contributed by atoms with Crippen molar-refractivity contribution in [2.24, 2.45) is 11.8 Å². The zero-order valence-corrected chi connectivity index (χ0v) is 8.86. The third-order valence-electron chi connectivity index (χ3n) is 2.89. The zero-order valence-electron chi connectivity index (χ0n) is 8.86. The van der Waals surface area contributed by atoms with E-state index in [1.807, 2.05) is 26.0 Å². The number of aliphatic hydroxyl groups excluding tert-OH is 1. The summed E-state index contributed by atoms with van der Waals surface area (Å²) in [6.45, 7) is 3.98. The first-order chi connectivity index (χ1) is 6.65. The lowest BCUT2D eigenvalue weighted by molar-refractivity contribution is -0.125. The van der Waals surface area contributed by atoms with Gasteiger partial charge in [-0.15, -0.1) is 0 Å². The van der Waals surface area contributed by atoms with Crippen molar-refractivity contribution in [2.75, 3.05) is 6.61 Å². The van der Waals surface area contributed by atoms with Crippen LogP contribution in [-0.4, -0.2) is 23.7 Å². The van der Waals surface area contributed by atoms with Crippen LogP contribution in [0.2, 0.25) is 0 Å². The van der Waals surface area contributed by atoms with Gasteiger partial charge in [-0.3, -0.25) is 4.79 Å². The Balaban J connectivity index is 2.32. The van der Waals surface area contributed by atoms with E-state index in [1.54, 1.807) is 0 Å². The summed E-state index contributed by atoms with van der Waals surface area (Å²) in [7, 11) is 0. The molecule has 0 saturated heterocycles. The average Bonchev–Trinajstić information content (AvgIpc) is 2.69. The molecule has 0 bridgehead atoms. The maximum Gasteiger partial charge on any atom is 0.223 e. The molecule has 2 N–H and O–H groups in total. The minimum atomic E-state index is 0.0492. The Kier molecular flexibility index (Phi) is 4.14. The van der Waals surface area contributed by atoms with E-state index in [9.17, 15) is 4.79 Å². The quantitative estimate of drug-likeness (QED) is 0.663. The number of aliphatic hydroxyl groups is 1. The Bertz CT molecular complexity index is 217. The van der Waals surface area contributed by atoms with Crippen molar-refractivity contribution in [1.29, 1.82) is 0 Å². The molecular weight excluding hydrogens is 178 g/mol. The predicted octanol–water partition coefficient (Wildman–Crippen LogP) is 1.09. The van der Waals surface area contributed by atoms with Gasteiger partial charge in [-0.2, -0.15) is 0 Å². The molecule has 3 heteroatoms. The molecule has 1 aliphatic carbocycles. The van der Waals surface area contributed by atoms with Crippen LogP contribution in [-0.2, 0) is 4.79 Å². The van der Waals surface area contributed by atoms with Crippen molar-refractivity contribution in [3.05, 3.63) is 12.2 Å². The third kappa shape index (κ3) is 2.84. The average molecular weight is 197 g/mol. The summed E-state index contributed by atoms with van der Waals surface area (Å²) in [6.07, 6.45) is 5.80. The van der Waals surface area contributed by atoms with Gasteiger partial charge in [-0.1, -0.05) is 19.1 Å². The van der Waals surface area contributed by atoms with Crippen molar-refractivity contribution >= 4 is 5.91 Å². The Hall–Kier alpha value is -0.830. The molecule has 14 heavy (non-hydrogen) atoms. The van der Waals surface area contributed by atoms with Crippen molar-refractivity contribution in [2.45, 2.75) is 32.7 Å². The van der Waals surface area contributed by atoms with Crippen LogP contribution >= 0.6 is 0 Å². The summed E-state index contributed by atoms with van der Waals surface area (Å²) < 4.78 is 0. The van der Waals surface area contributed by atoms with E-state index in [-0.39, 0.29) is 30.4 Å². The largest absolute Gasteiger partial charge is 0.396 e. The van der Waals surface area contributed by atoms with E-state index >= 15 is 0 Å². The molecule has 1 aliphatic rings. The molecule has 0 aromatic rings. The second-order valence-corrected chi connectivity index (χ2v) is 4.10. The normalized spacial score (nSPS) is 20.8. The van der Waals surface area contributed by atoms with E-state index in [0.717, 1.165) is 12.8 Å². The molecule has 0 fully saturated rings. The monoisotopic (exact) mass is 197 g/mol. The third-order valence-corrected chi connectivity index (χ3v) is 2.89. The highest BCUT2D eigenvalue weighted by Crippen LogP contribution is 2.18. The van der Waals surface area contributed by atoms with Crippen molar-refractivity contribution in [3.8, 4) is 0 Å². The summed E-state index contributed by atoms with van der Waals surface area (Å²) in [5, 5.41) is 11.9. The molecule has 2 atom stereocenters. The van der Waals surface area contributed by atoms with Gasteiger partial charge in [0.25, 0.3) is 0 Å². The van der Waals surface area contributed by atoms with Crippen molar-refractivity contribution in [1.82, 2.24) is 5.32 Å². The molecule has 2 unspecified atom stereocenters. The number of hydrogen-bond donors (Lipinski definition) is 2. The Morgan fingerprint density at radius 1 is 1.50 bits per heavy atom. The molecule has 1 amide bonds. The topological polar surface area (TPSA) is 49.3 Å². The first kappa shape index (κ1) is 11.2. The molecule has 0 aromatic heterocycles. The maximum atomic E-state index is 11.6. The SMILES string of the molecule is CC(CO)C(C)NC(=O)C1CC=CC1. The van der Waals surface area contributed by atoms with E-state index in [4.69, 9.17) is 5.11 Å². The molecule has 0 heterocycles. The molecule has 3 nitrogen and oxygen atoms in total. The molecule has 0 saturated carbocycles. The van der Waals surface area contributed by atoms with E-state index < -0.39 is 0 Å². The van der Waals surface area contributed by atoms with Crippen LogP contribution in [0, 0.1) is 11.8 Å². The van der Waals surface area contributed by atoms with Crippen LogP contribution in [0.15, 0.2) is 12.2 Å². The van der Waals surface area contributed by atoms with E-state index in [0.29, 0.717) is 0 Å². The van der Waals surface area contributed by atoms with Gasteiger partial charge in [-0.05, 0) is 25.7 Å². The maximum absolute atomic E-state index is 11.6. The van der Waals surface area contributed by atoms with Gasteiger partial charge in [0.05, 0.1) is 0 Å². The van der Waals surface area contributed by atoms with Crippen molar-refractivity contribution < 1.29 is 9.90 Å². The fourth-order valence-electron chi connectivity index (χ4n) is 1.47. The second-order valence-electron chi connectivity index (χ2n) is 4.10. The Morgan fingerprint density at radius 3 is 2.57 bits per heavy atom. The van der Waals surface area contributed by atoms with Gasteiger partial charge in [0, 0.05) is 18.6 Å². The molecular formula is C11H19NO2. The lowest BCUT2D eigenvalue weighted by Crippen LogP contribution is -2.41. The number of nitrogens with one attached hydrogen (secondary N) is 1. The number of carbonyl (C=O) groups excluding carboxylic acids is 1. The van der Waals surface area contributed by atoms with Gasteiger partial charge >= 0.3 is 0 Å². The van der Waals surface area contributed by atoms with Crippen molar-refractivity contribution in [3.63, 3.8) is 0 Å². The summed E-state index contributed by atoms with van der Waals surface area (Å²) >= 11 is 0. The highest BCUT2D eigenvalue weighted by molar-refractivity contribution is 5.79. The standard InChI is InChI=1S/C11H19NO2/c1-8(7-13)9(2)12-11(14)10-5-3-4-6-10/h3-4,8-10,13H,5-7H2,1-2H3,(H,12,14). The molecule has 80 valence electrons. The highest BCUT2D eigenvalue weighted by Gasteiger charge is 2.22. The molecule has 0 radical (unpaired) electrons. The number of hydrogen-bond acceptors (Lipinski definition) is 2. The van der Waals surface area contributed by atoms with Crippen LogP contribution in [0.4, 0.5) is 0 Å². The van der Waals surface area contributed by atoms with E-state index in [2.05, 4.69) is 5.32 Å². The highest BCUT2D eigenvalue weighted by atomic mass is 16.3. The van der Waals surface area contributed by atoms with Crippen LogP contribution in [0.3, 0.4) is 0 Å². The first-order valence-corrected chi connectivity index (χ1v) is 5.21. The Labute approximate surface area is 85.2 Å². The zero-order chi connectivity index (χ0) is 10.6. The predicted molar refractivity (Wildman–Crippen MR) is 55.7 cm³/mol. The van der Waals surface area contributed by atoms with E-state index in [1.165, 1.54) is 0 Å².